The Morgan fingerprint density at radius 2 is 2.00 bits per heavy atom. The highest BCUT2D eigenvalue weighted by molar-refractivity contribution is 5.83. The zero-order chi connectivity index (χ0) is 22.0. The third-order valence-electron chi connectivity index (χ3n) is 8.88. The van der Waals surface area contributed by atoms with E-state index in [1.165, 1.54) is 33.9 Å². The first-order valence-electron chi connectivity index (χ1n) is 12.4. The molecule has 4 atom stereocenters. The Hall–Kier alpha value is -2.26. The maximum absolute atomic E-state index is 12.3. The number of pyridine rings is 1. The van der Waals surface area contributed by atoms with Crippen LogP contribution < -0.4 is 0 Å². The van der Waals surface area contributed by atoms with Crippen LogP contribution in [-0.4, -0.2) is 22.0 Å². The van der Waals surface area contributed by atoms with Crippen molar-refractivity contribution in [3.05, 3.63) is 65.5 Å². The maximum atomic E-state index is 12.3. The summed E-state index contributed by atoms with van der Waals surface area (Å²) in [4.78, 5) is 16.7. The molecule has 2 aliphatic heterocycles. The van der Waals surface area contributed by atoms with Crippen LogP contribution >= 0.6 is 0 Å². The molecular formula is C29H33NO2. The van der Waals surface area contributed by atoms with Crippen LogP contribution in [0.5, 0.6) is 0 Å². The Morgan fingerprint density at radius 3 is 2.88 bits per heavy atom. The van der Waals surface area contributed by atoms with Gasteiger partial charge in [0.05, 0.1) is 11.2 Å². The zero-order valence-electron chi connectivity index (χ0n) is 19.3. The number of hydrogen-bond donors (Lipinski definition) is 0. The van der Waals surface area contributed by atoms with Gasteiger partial charge in [-0.25, -0.2) is 0 Å². The number of Topliss-reactive ketones (excluding diaryl/α,β-unsaturated/α-hetero) is 1. The summed E-state index contributed by atoms with van der Waals surface area (Å²) in [5.74, 6) is 0.849. The van der Waals surface area contributed by atoms with Gasteiger partial charge < -0.3 is 4.74 Å². The van der Waals surface area contributed by atoms with Gasteiger partial charge in [0.25, 0.3) is 0 Å². The first kappa shape index (κ1) is 20.4. The van der Waals surface area contributed by atoms with Gasteiger partial charge in [-0.1, -0.05) is 44.6 Å². The van der Waals surface area contributed by atoms with E-state index in [2.05, 4.69) is 55.2 Å². The molecule has 1 aromatic heterocycles. The highest BCUT2D eigenvalue weighted by Gasteiger charge is 2.60. The normalized spacial score (nSPS) is 34.5. The van der Waals surface area contributed by atoms with Crippen molar-refractivity contribution in [2.75, 3.05) is 0 Å². The van der Waals surface area contributed by atoms with Crippen molar-refractivity contribution < 1.29 is 9.53 Å². The van der Waals surface area contributed by atoms with Gasteiger partial charge in [-0.15, -0.1) is 0 Å². The summed E-state index contributed by atoms with van der Waals surface area (Å²) in [5.41, 5.74) is 3.82. The Bertz CT molecular complexity index is 1160. The molecule has 3 heterocycles. The van der Waals surface area contributed by atoms with Gasteiger partial charge in [0.2, 0.25) is 0 Å². The van der Waals surface area contributed by atoms with Crippen molar-refractivity contribution in [1.82, 2.24) is 4.98 Å². The number of hydrogen-bond acceptors (Lipinski definition) is 3. The molecule has 2 aromatic rings. The van der Waals surface area contributed by atoms with Crippen molar-refractivity contribution in [3.63, 3.8) is 0 Å². The van der Waals surface area contributed by atoms with Crippen LogP contribution in [0.15, 0.2) is 60.0 Å². The average Bonchev–Trinajstić information content (AvgIpc) is 3.07. The number of allylic oxidation sites excluding steroid dienone is 1. The van der Waals surface area contributed by atoms with E-state index in [1.807, 2.05) is 12.4 Å². The quantitative estimate of drug-likeness (QED) is 0.537. The summed E-state index contributed by atoms with van der Waals surface area (Å²) in [7, 11) is 0. The molecule has 3 heteroatoms. The lowest BCUT2D eigenvalue weighted by atomic mass is 9.59. The van der Waals surface area contributed by atoms with E-state index in [0.717, 1.165) is 38.5 Å². The van der Waals surface area contributed by atoms with Crippen LogP contribution in [0, 0.1) is 5.41 Å². The molecular weight excluding hydrogens is 394 g/mol. The van der Waals surface area contributed by atoms with Gasteiger partial charge in [-0.2, -0.15) is 0 Å². The fourth-order valence-corrected chi connectivity index (χ4v) is 7.31. The topological polar surface area (TPSA) is 39.2 Å². The lowest BCUT2D eigenvalue weighted by Gasteiger charge is -2.51. The molecule has 1 saturated carbocycles. The molecule has 166 valence electrons. The van der Waals surface area contributed by atoms with Gasteiger partial charge in [0.15, 0.2) is 0 Å². The maximum Gasteiger partial charge on any atom is 0.136 e. The third-order valence-corrected chi connectivity index (χ3v) is 8.88. The zero-order valence-corrected chi connectivity index (χ0v) is 19.3. The number of carbonyl (C=O) groups is 1. The molecule has 3 nitrogen and oxygen atoms in total. The van der Waals surface area contributed by atoms with Gasteiger partial charge in [-0.05, 0) is 84.1 Å². The summed E-state index contributed by atoms with van der Waals surface area (Å²) < 4.78 is 7.01. The standard InChI is InChI=1S/C29H33NO2/c1-3-4-26(21-6-5-20-10-14-30-18-22(20)15-21)27(2)11-9-24-16-23-7-8-25(31)17-28(23)12-13-29(24,19-27)32-28/h5-6,9-10,14-16,18,26H,3-4,7-8,11-13,17,19H2,1-2H3/t26?,27-,28-,29+/m1/s1. The minimum Gasteiger partial charge on any atom is -0.359 e. The van der Waals surface area contributed by atoms with Crippen LogP contribution in [0.25, 0.3) is 10.8 Å². The minimum absolute atomic E-state index is 0.130. The summed E-state index contributed by atoms with van der Waals surface area (Å²) in [5, 5.41) is 2.48. The van der Waals surface area contributed by atoms with Crippen LogP contribution in [0.2, 0.25) is 0 Å². The van der Waals surface area contributed by atoms with Crippen molar-refractivity contribution in [2.45, 2.75) is 88.8 Å². The van der Waals surface area contributed by atoms with Gasteiger partial charge in [0.1, 0.15) is 5.78 Å². The molecule has 1 saturated heterocycles. The van der Waals surface area contributed by atoms with E-state index in [1.54, 1.807) is 0 Å². The smallest absolute Gasteiger partial charge is 0.136 e. The molecule has 0 amide bonds. The monoisotopic (exact) mass is 427 g/mol. The molecule has 2 spiro atoms. The average molecular weight is 428 g/mol. The molecule has 2 aliphatic carbocycles. The van der Waals surface area contributed by atoms with E-state index in [9.17, 15) is 4.79 Å². The fraction of sp³-hybridized carbons (Fsp3) is 0.517. The fourth-order valence-electron chi connectivity index (χ4n) is 7.31. The summed E-state index contributed by atoms with van der Waals surface area (Å²) in [6, 6.07) is 9.04. The van der Waals surface area contributed by atoms with E-state index in [-0.39, 0.29) is 16.6 Å². The molecule has 32 heavy (non-hydrogen) atoms. The van der Waals surface area contributed by atoms with E-state index >= 15 is 0 Å². The number of aromatic nitrogens is 1. The lowest BCUT2D eigenvalue weighted by Crippen LogP contribution is -2.49. The molecule has 1 aromatic carbocycles. The second-order valence-electron chi connectivity index (χ2n) is 11.0. The second kappa shape index (κ2) is 7.12. The SMILES string of the molecule is CCCC(c1ccc2ccncc2c1)[C@]1(C)CC=C2C=C3CCC(=O)C[C@]34CC[C@@]2(C1)O4. The molecule has 2 fully saturated rings. The van der Waals surface area contributed by atoms with Crippen molar-refractivity contribution in [3.8, 4) is 0 Å². The number of fused-ring (bicyclic) bond motifs is 1. The number of ether oxygens (including phenoxy) is 1. The van der Waals surface area contributed by atoms with E-state index in [4.69, 9.17) is 4.74 Å². The number of nitrogens with zero attached hydrogens (tertiary/aromatic N) is 1. The number of carbonyl (C=O) groups excluding carboxylic acids is 1. The highest BCUT2D eigenvalue weighted by atomic mass is 16.5. The lowest BCUT2D eigenvalue weighted by molar-refractivity contribution is -0.136. The Kier molecular flexibility index (Phi) is 4.53. The number of rotatable bonds is 4. The van der Waals surface area contributed by atoms with Crippen LogP contribution in [0.4, 0.5) is 0 Å². The predicted molar refractivity (Wildman–Crippen MR) is 128 cm³/mol. The summed E-state index contributed by atoms with van der Waals surface area (Å²) >= 11 is 0. The Morgan fingerprint density at radius 1 is 1.12 bits per heavy atom. The van der Waals surface area contributed by atoms with E-state index in [0.29, 0.717) is 24.5 Å². The van der Waals surface area contributed by atoms with Crippen molar-refractivity contribution >= 4 is 16.6 Å². The van der Waals surface area contributed by atoms with Gasteiger partial charge in [-0.3, -0.25) is 9.78 Å². The van der Waals surface area contributed by atoms with Crippen molar-refractivity contribution in [1.29, 1.82) is 0 Å². The van der Waals surface area contributed by atoms with Crippen molar-refractivity contribution in [2.24, 2.45) is 5.41 Å². The van der Waals surface area contributed by atoms with E-state index < -0.39 is 0 Å². The molecule has 0 radical (unpaired) electrons. The first-order valence-corrected chi connectivity index (χ1v) is 12.4. The predicted octanol–water partition coefficient (Wildman–Crippen LogP) is 6.83. The summed E-state index contributed by atoms with van der Waals surface area (Å²) in [6.45, 7) is 4.77. The van der Waals surface area contributed by atoms with Crippen LogP contribution in [0.1, 0.15) is 83.1 Å². The molecule has 1 unspecified atom stereocenters. The van der Waals surface area contributed by atoms with Crippen LogP contribution in [-0.2, 0) is 9.53 Å². The minimum atomic E-state index is -0.306. The highest BCUT2D eigenvalue weighted by Crippen LogP contribution is 2.62. The van der Waals surface area contributed by atoms with Crippen LogP contribution in [0.3, 0.4) is 0 Å². The second-order valence-corrected chi connectivity index (χ2v) is 11.0. The Labute approximate surface area is 191 Å². The number of benzene rings is 1. The largest absolute Gasteiger partial charge is 0.359 e. The summed E-state index contributed by atoms with van der Waals surface area (Å²) in [6.07, 6.45) is 17.4. The Balaban J connectivity index is 1.39. The molecule has 0 N–H and O–H groups in total. The van der Waals surface area contributed by atoms with Gasteiger partial charge >= 0.3 is 0 Å². The molecule has 6 rings (SSSR count). The molecule has 2 bridgehead atoms. The number of ketones is 1. The molecule has 4 aliphatic rings. The third kappa shape index (κ3) is 2.97. The van der Waals surface area contributed by atoms with Gasteiger partial charge in [0, 0.05) is 30.6 Å². The first-order chi connectivity index (χ1) is 15.5.